The zero-order valence-electron chi connectivity index (χ0n) is 15.4. The summed E-state index contributed by atoms with van der Waals surface area (Å²) >= 11 is 0. The molecule has 0 aliphatic carbocycles. The predicted molar refractivity (Wildman–Crippen MR) is 105 cm³/mol. The molecule has 1 aromatic heterocycles. The van der Waals surface area contributed by atoms with E-state index in [9.17, 15) is 4.79 Å². The quantitative estimate of drug-likeness (QED) is 0.563. The van der Waals surface area contributed by atoms with Crippen LogP contribution in [0.1, 0.15) is 34.0 Å². The Balaban J connectivity index is 1.98. The molecule has 8 heteroatoms. The summed E-state index contributed by atoms with van der Waals surface area (Å²) in [5.41, 5.74) is 14.8. The smallest absolute Gasteiger partial charge is 0.225 e. The predicted octanol–water partition coefficient (Wildman–Crippen LogP) is 2.43. The highest BCUT2D eigenvalue weighted by atomic mass is 31.0. The van der Waals surface area contributed by atoms with E-state index in [1.807, 2.05) is 39.8 Å². The van der Waals surface area contributed by atoms with Crippen molar-refractivity contribution in [3.63, 3.8) is 0 Å². The Kier molecular flexibility index (Phi) is 6.51. The Morgan fingerprint density at radius 2 is 1.77 bits per heavy atom. The van der Waals surface area contributed by atoms with Crippen molar-refractivity contribution in [3.8, 4) is 5.88 Å². The molecule has 0 saturated heterocycles. The van der Waals surface area contributed by atoms with Crippen molar-refractivity contribution in [1.82, 2.24) is 9.97 Å². The van der Waals surface area contributed by atoms with Gasteiger partial charge >= 0.3 is 0 Å². The zero-order valence-corrected chi connectivity index (χ0v) is 16.6. The second kappa shape index (κ2) is 8.43. The maximum atomic E-state index is 12.8. The van der Waals surface area contributed by atoms with Crippen LogP contribution < -0.4 is 16.2 Å². The van der Waals surface area contributed by atoms with E-state index in [0.29, 0.717) is 5.56 Å². The number of aromatic nitrogens is 2. The molecule has 0 saturated carbocycles. The van der Waals surface area contributed by atoms with Gasteiger partial charge in [-0.25, -0.2) is 0 Å². The zero-order chi connectivity index (χ0) is 19.4. The lowest BCUT2D eigenvalue weighted by atomic mass is 9.97. The number of anilines is 2. The van der Waals surface area contributed by atoms with Crippen LogP contribution in [0.15, 0.2) is 18.2 Å². The Bertz CT molecular complexity index is 770. The lowest BCUT2D eigenvalue weighted by Crippen LogP contribution is -2.28. The van der Waals surface area contributed by atoms with E-state index < -0.39 is 5.85 Å². The van der Waals surface area contributed by atoms with E-state index in [-0.39, 0.29) is 36.1 Å². The topological polar surface area (TPSA) is 113 Å². The van der Waals surface area contributed by atoms with Gasteiger partial charge in [0, 0.05) is 11.6 Å². The van der Waals surface area contributed by atoms with Gasteiger partial charge in [-0.05, 0) is 38.8 Å². The van der Waals surface area contributed by atoms with E-state index in [4.69, 9.17) is 20.9 Å². The Labute approximate surface area is 155 Å². The monoisotopic (exact) mass is 376 g/mol. The minimum Gasteiger partial charge on any atom is -0.475 e. The highest BCUT2D eigenvalue weighted by molar-refractivity contribution is 7.19. The fourth-order valence-corrected chi connectivity index (χ4v) is 3.24. The molecule has 0 fully saturated rings. The molecule has 0 bridgehead atoms. The molecule has 2 rings (SSSR count). The molecule has 3 atom stereocenters. The standard InChI is InChI=1S/C18H25N4O3P/c1-9-5-10(2)15(11(3)6-9)16(23)17(26)25-12(4)8-24-14-7-13(19)21-18(20)22-14/h5-7,12,17H,8,26H2,1-4H3,(H4,19,20,21,22)/t12-,17-/m1/s1. The highest BCUT2D eigenvalue weighted by Crippen LogP contribution is 2.22. The first kappa shape index (κ1) is 20.1. The third-order valence-corrected chi connectivity index (χ3v) is 4.23. The number of ether oxygens (including phenoxy) is 2. The van der Waals surface area contributed by atoms with Crippen molar-refractivity contribution >= 4 is 26.8 Å². The van der Waals surface area contributed by atoms with Crippen LogP contribution >= 0.6 is 9.24 Å². The second-order valence-electron chi connectivity index (χ2n) is 6.31. The molecule has 1 aromatic carbocycles. The van der Waals surface area contributed by atoms with Crippen LogP contribution in [0.25, 0.3) is 0 Å². The Hall–Kier alpha value is -2.24. The van der Waals surface area contributed by atoms with Crippen LogP contribution in [-0.4, -0.2) is 34.3 Å². The number of ketones is 1. The average Bonchev–Trinajstić information content (AvgIpc) is 2.50. The van der Waals surface area contributed by atoms with Crippen molar-refractivity contribution in [2.75, 3.05) is 18.1 Å². The van der Waals surface area contributed by atoms with E-state index >= 15 is 0 Å². The molecular formula is C18H25N4O3P. The van der Waals surface area contributed by atoms with Gasteiger partial charge in [0.05, 0.1) is 6.10 Å². The molecule has 4 N–H and O–H groups in total. The lowest BCUT2D eigenvalue weighted by Gasteiger charge is -2.20. The number of carbonyl (C=O) groups excluding carboxylic acids is 1. The molecular weight excluding hydrogens is 351 g/mol. The van der Waals surface area contributed by atoms with Crippen LogP contribution in [-0.2, 0) is 4.74 Å². The summed E-state index contributed by atoms with van der Waals surface area (Å²) in [6.45, 7) is 7.88. The normalized spacial score (nSPS) is 13.3. The molecule has 140 valence electrons. The summed E-state index contributed by atoms with van der Waals surface area (Å²) in [6, 6.07) is 5.47. The summed E-state index contributed by atoms with van der Waals surface area (Å²) in [7, 11) is 2.45. The van der Waals surface area contributed by atoms with E-state index in [1.165, 1.54) is 6.07 Å². The largest absolute Gasteiger partial charge is 0.475 e. The van der Waals surface area contributed by atoms with Crippen LogP contribution in [0, 0.1) is 20.8 Å². The van der Waals surface area contributed by atoms with Crippen molar-refractivity contribution < 1.29 is 14.3 Å². The van der Waals surface area contributed by atoms with Gasteiger partial charge in [0.2, 0.25) is 11.8 Å². The molecule has 0 amide bonds. The number of carbonyl (C=O) groups is 1. The van der Waals surface area contributed by atoms with Gasteiger partial charge in [0.25, 0.3) is 0 Å². The molecule has 1 heterocycles. The number of rotatable bonds is 7. The maximum Gasteiger partial charge on any atom is 0.225 e. The molecule has 1 unspecified atom stereocenters. The first-order chi connectivity index (χ1) is 12.2. The van der Waals surface area contributed by atoms with Gasteiger partial charge in [0.15, 0.2) is 5.78 Å². The van der Waals surface area contributed by atoms with Crippen molar-refractivity contribution in [1.29, 1.82) is 0 Å². The molecule has 26 heavy (non-hydrogen) atoms. The van der Waals surface area contributed by atoms with E-state index in [0.717, 1.165) is 16.7 Å². The van der Waals surface area contributed by atoms with Gasteiger partial charge in [-0.3, -0.25) is 4.79 Å². The Morgan fingerprint density at radius 1 is 1.15 bits per heavy atom. The van der Waals surface area contributed by atoms with Crippen LogP contribution in [0.5, 0.6) is 5.88 Å². The van der Waals surface area contributed by atoms with Gasteiger partial charge in [0.1, 0.15) is 18.3 Å². The fraction of sp³-hybridized carbons (Fsp3) is 0.389. The number of hydrogen-bond donors (Lipinski definition) is 2. The second-order valence-corrected chi connectivity index (χ2v) is 6.91. The third kappa shape index (κ3) is 5.13. The average molecular weight is 376 g/mol. The van der Waals surface area contributed by atoms with Crippen LogP contribution in [0.3, 0.4) is 0 Å². The van der Waals surface area contributed by atoms with Gasteiger partial charge in [-0.1, -0.05) is 26.9 Å². The minimum atomic E-state index is -0.672. The highest BCUT2D eigenvalue weighted by Gasteiger charge is 2.22. The molecule has 2 aromatic rings. The van der Waals surface area contributed by atoms with Crippen LogP contribution in [0.4, 0.5) is 11.8 Å². The molecule has 0 spiro atoms. The number of Topliss-reactive ketones (excluding diaryl/α,β-unsaturated/α-hetero) is 1. The number of nitrogens with two attached hydrogens (primary N) is 2. The van der Waals surface area contributed by atoms with E-state index in [2.05, 4.69) is 19.2 Å². The van der Waals surface area contributed by atoms with Crippen molar-refractivity contribution in [2.24, 2.45) is 0 Å². The summed E-state index contributed by atoms with van der Waals surface area (Å²) < 4.78 is 11.3. The summed E-state index contributed by atoms with van der Waals surface area (Å²) in [5.74, 6) is -0.215. The Morgan fingerprint density at radius 3 is 2.35 bits per heavy atom. The number of aryl methyl sites for hydroxylation is 3. The first-order valence-corrected chi connectivity index (χ1v) is 8.90. The summed E-state index contributed by atoms with van der Waals surface area (Å²) in [6.07, 6.45) is -0.343. The minimum absolute atomic E-state index is 0.0398. The van der Waals surface area contributed by atoms with Crippen molar-refractivity contribution in [2.45, 2.75) is 39.6 Å². The number of benzene rings is 1. The maximum absolute atomic E-state index is 12.8. The SMILES string of the molecule is Cc1cc(C)c(C(=O)[C@@H](P)O[C@H](C)COc2cc(N)nc(N)n2)c(C)c1. The third-order valence-electron chi connectivity index (χ3n) is 3.77. The molecule has 0 aliphatic heterocycles. The molecule has 7 nitrogen and oxygen atoms in total. The first-order valence-electron chi connectivity index (χ1n) is 8.23. The molecule has 0 radical (unpaired) electrons. The molecule has 0 aliphatic rings. The van der Waals surface area contributed by atoms with E-state index in [1.54, 1.807) is 0 Å². The number of nitrogen functional groups attached to an aromatic ring is 2. The van der Waals surface area contributed by atoms with Gasteiger partial charge in [-0.2, -0.15) is 9.97 Å². The van der Waals surface area contributed by atoms with Gasteiger partial charge < -0.3 is 20.9 Å². The summed E-state index contributed by atoms with van der Waals surface area (Å²) in [4.78, 5) is 20.5. The lowest BCUT2D eigenvalue weighted by molar-refractivity contribution is 0.0173. The fourth-order valence-electron chi connectivity index (χ4n) is 2.80. The van der Waals surface area contributed by atoms with Gasteiger partial charge in [-0.15, -0.1) is 0 Å². The number of nitrogens with zero attached hydrogens (tertiary/aromatic N) is 2. The number of hydrogen-bond acceptors (Lipinski definition) is 7. The van der Waals surface area contributed by atoms with Crippen LogP contribution in [0.2, 0.25) is 0 Å². The van der Waals surface area contributed by atoms with Crippen molar-refractivity contribution in [3.05, 3.63) is 40.5 Å². The summed E-state index contributed by atoms with van der Waals surface area (Å²) in [5, 5.41) is 0.